The molecule has 0 N–H and O–H groups in total. The van der Waals surface area contributed by atoms with Crippen LogP contribution < -0.4 is 0 Å². The third-order valence-corrected chi connectivity index (χ3v) is 10.8. The van der Waals surface area contributed by atoms with Gasteiger partial charge in [-0.1, -0.05) is 100 Å². The maximum atomic E-state index is 8.91. The first-order valence-corrected chi connectivity index (χ1v) is 17.7. The maximum absolute atomic E-state index is 8.91. The quantitative estimate of drug-likeness (QED) is 0.0965. The van der Waals surface area contributed by atoms with Crippen LogP contribution in [0.15, 0.2) is 84.5 Å². The van der Waals surface area contributed by atoms with E-state index in [9.17, 15) is 0 Å². The highest BCUT2D eigenvalue weighted by molar-refractivity contribution is 8.76. The molecular weight excluding hydrogens is 555 g/mol. The molecule has 0 aromatic heterocycles. The van der Waals surface area contributed by atoms with Crippen molar-refractivity contribution in [3.8, 4) is 6.07 Å². The molecule has 3 rings (SSSR count). The molecule has 1 unspecified atom stereocenters. The van der Waals surface area contributed by atoms with Gasteiger partial charge in [-0.2, -0.15) is 5.26 Å². The smallest absolute Gasteiger partial charge is 0.259 e. The van der Waals surface area contributed by atoms with E-state index >= 15 is 0 Å². The van der Waals surface area contributed by atoms with E-state index < -0.39 is 14.1 Å². The predicted octanol–water partition coefficient (Wildman–Crippen LogP) is 8.90. The molecule has 216 valence electrons. The molecule has 0 radical (unpaired) electrons. The fourth-order valence-electron chi connectivity index (χ4n) is 4.78. The lowest BCUT2D eigenvalue weighted by molar-refractivity contribution is 0.0224. The first kappa shape index (κ1) is 32.9. The lowest BCUT2D eigenvalue weighted by Gasteiger charge is -2.37. The number of nitrogens with zero attached hydrogens (tertiary/aromatic N) is 2. The van der Waals surface area contributed by atoms with Crippen molar-refractivity contribution in [2.24, 2.45) is 0 Å². The summed E-state index contributed by atoms with van der Waals surface area (Å²) in [5.41, 5.74) is 2.86. The summed E-state index contributed by atoms with van der Waals surface area (Å²) in [6, 6.07) is 23.9. The molecule has 0 saturated heterocycles. The van der Waals surface area contributed by atoms with E-state index in [2.05, 4.69) is 117 Å². The SMILES string of the molecule is CC(C)N(C(C)C)P(OCCC#N)OCCSSCCOC(C1=CCCC=C1)(c1ccccc1)c1ccccc1. The summed E-state index contributed by atoms with van der Waals surface area (Å²) in [6.45, 7) is 10.2. The van der Waals surface area contributed by atoms with E-state index in [0.29, 0.717) is 38.3 Å². The van der Waals surface area contributed by atoms with Gasteiger partial charge in [0, 0.05) is 23.6 Å². The normalized spacial score (nSPS) is 14.5. The second-order valence-electron chi connectivity index (χ2n) is 9.92. The van der Waals surface area contributed by atoms with Crippen LogP contribution in [0.1, 0.15) is 58.1 Å². The third kappa shape index (κ3) is 9.46. The van der Waals surface area contributed by atoms with Crippen LogP contribution in [0.25, 0.3) is 0 Å². The molecule has 0 amide bonds. The largest absolute Gasteiger partial charge is 0.360 e. The van der Waals surface area contributed by atoms with Crippen molar-refractivity contribution < 1.29 is 13.8 Å². The van der Waals surface area contributed by atoms with Crippen molar-refractivity contribution in [2.75, 3.05) is 31.3 Å². The van der Waals surface area contributed by atoms with Crippen molar-refractivity contribution in [1.82, 2.24) is 4.67 Å². The van der Waals surface area contributed by atoms with E-state index in [4.69, 9.17) is 19.0 Å². The highest BCUT2D eigenvalue weighted by atomic mass is 33.1. The molecule has 0 fully saturated rings. The Bertz CT molecular complexity index is 1040. The van der Waals surface area contributed by atoms with Gasteiger partial charge in [-0.25, -0.2) is 4.67 Å². The van der Waals surface area contributed by atoms with Crippen LogP contribution in [0.2, 0.25) is 0 Å². The summed E-state index contributed by atoms with van der Waals surface area (Å²) in [6.07, 6.45) is 9.27. The van der Waals surface area contributed by atoms with Gasteiger partial charge in [0.2, 0.25) is 0 Å². The molecule has 8 heteroatoms. The van der Waals surface area contributed by atoms with Gasteiger partial charge in [0.25, 0.3) is 8.53 Å². The molecule has 0 bridgehead atoms. The Morgan fingerprint density at radius 1 is 0.850 bits per heavy atom. The van der Waals surface area contributed by atoms with Crippen molar-refractivity contribution in [2.45, 2.75) is 64.6 Å². The molecular formula is C32H43N2O3PS2. The van der Waals surface area contributed by atoms with Crippen LogP contribution in [0, 0.1) is 11.3 Å². The number of rotatable bonds is 18. The summed E-state index contributed by atoms with van der Waals surface area (Å²) in [5.74, 6) is 1.71. The maximum Gasteiger partial charge on any atom is 0.259 e. The molecule has 0 aliphatic heterocycles. The van der Waals surface area contributed by atoms with Crippen molar-refractivity contribution in [3.63, 3.8) is 0 Å². The van der Waals surface area contributed by atoms with Crippen LogP contribution >= 0.6 is 30.1 Å². The molecule has 0 saturated carbocycles. The number of allylic oxidation sites excluding steroid dienone is 2. The highest BCUT2D eigenvalue weighted by Gasteiger charge is 2.38. The minimum absolute atomic E-state index is 0.302. The standard InChI is InChI=1S/C32H43N2O3PS2/c1-27(2)34(28(3)4)38(36-22-14-21-33)37-24-26-40-39-25-23-35-32(29-15-8-5-9-16-29,30-17-10-6-11-18-30)31-19-12-7-13-20-31/h5-6,8-12,15-20,27-28H,7,13-14,22-26H2,1-4H3. The van der Waals surface area contributed by atoms with Gasteiger partial charge >= 0.3 is 0 Å². The second kappa shape index (κ2) is 18.0. The Kier molecular flexibility index (Phi) is 14.8. The molecule has 0 spiro atoms. The van der Waals surface area contributed by atoms with Gasteiger partial charge in [-0.3, -0.25) is 0 Å². The van der Waals surface area contributed by atoms with E-state index in [1.54, 1.807) is 10.8 Å². The average molecular weight is 599 g/mol. The Morgan fingerprint density at radius 2 is 1.43 bits per heavy atom. The lowest BCUT2D eigenvalue weighted by atomic mass is 9.78. The molecule has 2 aromatic carbocycles. The zero-order valence-electron chi connectivity index (χ0n) is 24.2. The zero-order chi connectivity index (χ0) is 28.6. The van der Waals surface area contributed by atoms with Crippen molar-refractivity contribution in [1.29, 1.82) is 5.26 Å². The zero-order valence-corrected chi connectivity index (χ0v) is 26.7. The molecule has 40 heavy (non-hydrogen) atoms. The van der Waals surface area contributed by atoms with Gasteiger partial charge in [0.15, 0.2) is 0 Å². The number of benzene rings is 2. The minimum Gasteiger partial charge on any atom is -0.360 e. The number of ether oxygens (including phenoxy) is 1. The Balaban J connectivity index is 1.58. The van der Waals surface area contributed by atoms with Crippen molar-refractivity contribution in [3.05, 3.63) is 95.6 Å². The lowest BCUT2D eigenvalue weighted by Crippen LogP contribution is -2.34. The van der Waals surface area contributed by atoms with Gasteiger partial charge < -0.3 is 13.8 Å². The van der Waals surface area contributed by atoms with Crippen LogP contribution in [0.3, 0.4) is 0 Å². The summed E-state index contributed by atoms with van der Waals surface area (Å²) in [5, 5.41) is 8.91. The number of nitriles is 1. The number of hydrogen-bond donors (Lipinski definition) is 0. The summed E-state index contributed by atoms with van der Waals surface area (Å²) >= 11 is 0. The molecule has 0 heterocycles. The Hall–Kier alpha value is -1.62. The molecule has 1 atom stereocenters. The van der Waals surface area contributed by atoms with Crippen LogP contribution in [0.5, 0.6) is 0 Å². The second-order valence-corrected chi connectivity index (χ2v) is 14.1. The topological polar surface area (TPSA) is 54.7 Å². The van der Waals surface area contributed by atoms with Crippen molar-refractivity contribution >= 4 is 30.1 Å². The van der Waals surface area contributed by atoms with Crippen LogP contribution in [0.4, 0.5) is 0 Å². The van der Waals surface area contributed by atoms with Crippen LogP contribution in [-0.2, 0) is 19.4 Å². The summed E-state index contributed by atoms with van der Waals surface area (Å²) in [7, 11) is 2.41. The van der Waals surface area contributed by atoms with E-state index in [1.807, 2.05) is 10.8 Å². The highest BCUT2D eigenvalue weighted by Crippen LogP contribution is 2.46. The third-order valence-electron chi connectivity index (χ3n) is 6.36. The fraction of sp³-hybridized carbons (Fsp3) is 0.469. The Labute approximate surface area is 250 Å². The van der Waals surface area contributed by atoms with E-state index in [0.717, 1.165) is 35.5 Å². The molecule has 2 aromatic rings. The summed E-state index contributed by atoms with van der Waals surface area (Å²) < 4.78 is 21.4. The first-order chi connectivity index (χ1) is 19.5. The van der Waals surface area contributed by atoms with E-state index in [-0.39, 0.29) is 0 Å². The molecule has 1 aliphatic carbocycles. The molecule has 1 aliphatic rings. The number of hydrogen-bond acceptors (Lipinski definition) is 7. The van der Waals surface area contributed by atoms with Crippen LogP contribution in [-0.4, -0.2) is 48.1 Å². The predicted molar refractivity (Wildman–Crippen MR) is 172 cm³/mol. The van der Waals surface area contributed by atoms with E-state index in [1.165, 1.54) is 5.57 Å². The van der Waals surface area contributed by atoms with Gasteiger partial charge in [0.1, 0.15) is 5.60 Å². The average Bonchev–Trinajstić information content (AvgIpc) is 2.97. The van der Waals surface area contributed by atoms with Gasteiger partial charge in [-0.15, -0.1) is 0 Å². The fourth-order valence-corrected chi connectivity index (χ4v) is 8.15. The van der Waals surface area contributed by atoms with Gasteiger partial charge in [0.05, 0.1) is 32.3 Å². The minimum atomic E-state index is -1.19. The first-order valence-electron chi connectivity index (χ1n) is 14.1. The summed E-state index contributed by atoms with van der Waals surface area (Å²) in [4.78, 5) is 0. The monoisotopic (exact) mass is 598 g/mol. The Morgan fingerprint density at radius 3 is 1.95 bits per heavy atom. The molecule has 5 nitrogen and oxygen atoms in total. The van der Waals surface area contributed by atoms with Gasteiger partial charge in [-0.05, 0) is 57.2 Å².